The topological polar surface area (TPSA) is 82.0 Å². The Kier molecular flexibility index (Phi) is 6.91. The first kappa shape index (κ1) is 21.6. The van der Waals surface area contributed by atoms with Gasteiger partial charge in [0.2, 0.25) is 11.8 Å². The number of nitriles is 1. The summed E-state index contributed by atoms with van der Waals surface area (Å²) in [5.74, 6) is -1.24. The summed E-state index contributed by atoms with van der Waals surface area (Å²) >= 11 is 1.12. The van der Waals surface area contributed by atoms with Gasteiger partial charge >= 0.3 is 0 Å². The molecule has 7 heteroatoms. The van der Waals surface area contributed by atoms with Crippen LogP contribution >= 0.6 is 11.8 Å². The van der Waals surface area contributed by atoms with Crippen molar-refractivity contribution in [1.29, 1.82) is 5.26 Å². The minimum atomic E-state index is -0.460. The van der Waals surface area contributed by atoms with Crippen molar-refractivity contribution in [3.63, 3.8) is 0 Å². The van der Waals surface area contributed by atoms with Crippen LogP contribution in [-0.2, 0) is 16.0 Å². The molecule has 0 radical (unpaired) electrons. The van der Waals surface area contributed by atoms with Crippen molar-refractivity contribution in [3.05, 3.63) is 75.6 Å². The number of hydrogen-bond donors (Lipinski definition) is 2. The number of halogens is 1. The van der Waals surface area contributed by atoms with Gasteiger partial charge in [-0.1, -0.05) is 49.0 Å². The molecule has 2 N–H and O–H groups in total. The van der Waals surface area contributed by atoms with E-state index in [1.54, 1.807) is 12.1 Å². The third kappa shape index (κ3) is 4.89. The second-order valence-corrected chi connectivity index (χ2v) is 8.00. The second-order valence-electron chi connectivity index (χ2n) is 7.01. The smallest absolute Gasteiger partial charge is 0.234 e. The Labute approximate surface area is 179 Å². The van der Waals surface area contributed by atoms with Crippen molar-refractivity contribution in [2.24, 2.45) is 0 Å². The largest absolute Gasteiger partial charge is 0.325 e. The summed E-state index contributed by atoms with van der Waals surface area (Å²) in [6.07, 6.45) is 0.900. The van der Waals surface area contributed by atoms with Gasteiger partial charge in [0.1, 0.15) is 5.82 Å². The number of aryl methyl sites for hydroxylation is 2. The zero-order chi connectivity index (χ0) is 21.7. The van der Waals surface area contributed by atoms with Gasteiger partial charge in [-0.3, -0.25) is 9.59 Å². The van der Waals surface area contributed by atoms with Gasteiger partial charge in [0, 0.05) is 18.0 Å². The SMILES string of the molecule is CCc1cccc(C)c1NC(=O)CSC1=C(C#N)[C@@H](c2ccc(F)cc2)CC(=O)N1. The number of nitrogens with zero attached hydrogens (tertiary/aromatic N) is 1. The number of para-hydroxylation sites is 1. The molecule has 3 rings (SSSR count). The number of carbonyl (C=O) groups excluding carboxylic acids is 2. The number of carbonyl (C=O) groups is 2. The van der Waals surface area contributed by atoms with Crippen LogP contribution in [0.3, 0.4) is 0 Å². The third-order valence-corrected chi connectivity index (χ3v) is 6.00. The van der Waals surface area contributed by atoms with Crippen LogP contribution in [0.15, 0.2) is 53.1 Å². The first-order chi connectivity index (χ1) is 14.4. The molecule has 154 valence electrons. The molecule has 0 aliphatic carbocycles. The molecule has 0 spiro atoms. The highest BCUT2D eigenvalue weighted by Crippen LogP contribution is 2.36. The van der Waals surface area contributed by atoms with E-state index in [1.807, 2.05) is 32.0 Å². The van der Waals surface area contributed by atoms with Crippen LogP contribution in [0.4, 0.5) is 10.1 Å². The average Bonchev–Trinajstić information content (AvgIpc) is 2.73. The first-order valence-electron chi connectivity index (χ1n) is 9.63. The summed E-state index contributed by atoms with van der Waals surface area (Å²) in [7, 11) is 0. The number of hydrogen-bond acceptors (Lipinski definition) is 4. The maximum absolute atomic E-state index is 13.3. The maximum Gasteiger partial charge on any atom is 0.234 e. The number of amides is 2. The highest BCUT2D eigenvalue weighted by molar-refractivity contribution is 8.03. The Morgan fingerprint density at radius 3 is 2.70 bits per heavy atom. The number of benzene rings is 2. The number of rotatable bonds is 6. The molecule has 1 atom stereocenters. The van der Waals surface area contributed by atoms with Crippen molar-refractivity contribution >= 4 is 29.3 Å². The van der Waals surface area contributed by atoms with Gasteiger partial charge in [0.05, 0.1) is 22.4 Å². The standard InChI is InChI=1S/C23H22FN3O2S/c1-3-15-6-4-5-14(2)22(15)26-21(29)13-30-23-19(12-25)18(11-20(28)27-23)16-7-9-17(24)10-8-16/h4-10,18H,3,11,13H2,1-2H3,(H,26,29)(H,27,28)/t18-/m1/s1. The zero-order valence-electron chi connectivity index (χ0n) is 16.8. The number of thioether (sulfide) groups is 1. The third-order valence-electron chi connectivity index (χ3n) is 4.98. The lowest BCUT2D eigenvalue weighted by Gasteiger charge is -2.25. The number of allylic oxidation sites excluding steroid dienone is 1. The molecule has 2 aromatic rings. The molecule has 0 fully saturated rings. The average molecular weight is 424 g/mol. The van der Waals surface area contributed by atoms with Crippen LogP contribution in [0, 0.1) is 24.1 Å². The van der Waals surface area contributed by atoms with Crippen molar-refractivity contribution in [2.45, 2.75) is 32.6 Å². The van der Waals surface area contributed by atoms with Crippen LogP contribution in [-0.4, -0.2) is 17.6 Å². The molecule has 2 amide bonds. The van der Waals surface area contributed by atoms with Gasteiger partial charge in [-0.2, -0.15) is 5.26 Å². The molecule has 0 bridgehead atoms. The van der Waals surface area contributed by atoms with E-state index in [-0.39, 0.29) is 29.8 Å². The quantitative estimate of drug-likeness (QED) is 0.721. The maximum atomic E-state index is 13.3. The lowest BCUT2D eigenvalue weighted by molar-refractivity contribution is -0.121. The van der Waals surface area contributed by atoms with Crippen LogP contribution < -0.4 is 10.6 Å². The molecule has 1 heterocycles. The van der Waals surface area contributed by atoms with E-state index in [0.29, 0.717) is 16.2 Å². The summed E-state index contributed by atoms with van der Waals surface area (Å²) in [6.45, 7) is 3.96. The van der Waals surface area contributed by atoms with Gasteiger partial charge in [-0.05, 0) is 42.2 Å². The number of anilines is 1. The molecule has 0 saturated heterocycles. The summed E-state index contributed by atoms with van der Waals surface area (Å²) in [6, 6.07) is 13.8. The van der Waals surface area contributed by atoms with Gasteiger partial charge < -0.3 is 10.6 Å². The molecule has 30 heavy (non-hydrogen) atoms. The predicted octanol–water partition coefficient (Wildman–Crippen LogP) is 4.41. The van der Waals surface area contributed by atoms with Gasteiger partial charge in [-0.15, -0.1) is 0 Å². The molecule has 5 nitrogen and oxygen atoms in total. The predicted molar refractivity (Wildman–Crippen MR) is 116 cm³/mol. The fourth-order valence-corrected chi connectivity index (χ4v) is 4.31. The molecule has 0 aromatic heterocycles. The summed E-state index contributed by atoms with van der Waals surface area (Å²) in [5, 5.41) is 15.7. The van der Waals surface area contributed by atoms with E-state index >= 15 is 0 Å². The fraction of sp³-hybridized carbons (Fsp3) is 0.261. The molecule has 1 aliphatic heterocycles. The van der Waals surface area contributed by atoms with Crippen molar-refractivity contribution in [2.75, 3.05) is 11.1 Å². The van der Waals surface area contributed by atoms with Crippen LogP contribution in [0.5, 0.6) is 0 Å². The van der Waals surface area contributed by atoms with Gasteiger partial charge in [0.15, 0.2) is 0 Å². The van der Waals surface area contributed by atoms with Crippen molar-refractivity contribution in [1.82, 2.24) is 5.32 Å². The van der Waals surface area contributed by atoms with E-state index in [9.17, 15) is 19.2 Å². The molecule has 0 saturated carbocycles. The van der Waals surface area contributed by atoms with Crippen LogP contribution in [0.1, 0.15) is 36.0 Å². The monoisotopic (exact) mass is 423 g/mol. The Morgan fingerprint density at radius 1 is 1.30 bits per heavy atom. The van der Waals surface area contributed by atoms with E-state index in [1.165, 1.54) is 12.1 Å². The lowest BCUT2D eigenvalue weighted by atomic mass is 9.87. The van der Waals surface area contributed by atoms with E-state index in [4.69, 9.17) is 0 Å². The molecule has 1 aliphatic rings. The highest BCUT2D eigenvalue weighted by atomic mass is 32.2. The highest BCUT2D eigenvalue weighted by Gasteiger charge is 2.30. The Balaban J connectivity index is 1.77. The van der Waals surface area contributed by atoms with Crippen LogP contribution in [0.2, 0.25) is 0 Å². The fourth-order valence-electron chi connectivity index (χ4n) is 3.43. The van der Waals surface area contributed by atoms with E-state index < -0.39 is 5.92 Å². The Hall–Kier alpha value is -3.11. The van der Waals surface area contributed by atoms with E-state index in [0.717, 1.165) is 35.0 Å². The normalized spacial score (nSPS) is 16.1. The molecular formula is C23H22FN3O2S. The Morgan fingerprint density at radius 2 is 2.03 bits per heavy atom. The van der Waals surface area contributed by atoms with Gasteiger partial charge in [-0.25, -0.2) is 4.39 Å². The molecule has 2 aromatic carbocycles. The Bertz CT molecular complexity index is 1040. The first-order valence-corrected chi connectivity index (χ1v) is 10.6. The lowest BCUT2D eigenvalue weighted by Crippen LogP contribution is -2.31. The molecular weight excluding hydrogens is 401 g/mol. The van der Waals surface area contributed by atoms with Gasteiger partial charge in [0.25, 0.3) is 0 Å². The summed E-state index contributed by atoms with van der Waals surface area (Å²) in [5.41, 5.74) is 3.90. The van der Waals surface area contributed by atoms with Crippen molar-refractivity contribution in [3.8, 4) is 6.07 Å². The van der Waals surface area contributed by atoms with Crippen LogP contribution in [0.25, 0.3) is 0 Å². The summed E-state index contributed by atoms with van der Waals surface area (Å²) < 4.78 is 13.3. The minimum absolute atomic E-state index is 0.0500. The van der Waals surface area contributed by atoms with Crippen molar-refractivity contribution < 1.29 is 14.0 Å². The number of nitrogens with one attached hydrogen (secondary N) is 2. The summed E-state index contributed by atoms with van der Waals surface area (Å²) in [4.78, 5) is 24.8. The molecule has 0 unspecified atom stereocenters. The second kappa shape index (κ2) is 9.59. The minimum Gasteiger partial charge on any atom is -0.325 e. The zero-order valence-corrected chi connectivity index (χ0v) is 17.6. The van der Waals surface area contributed by atoms with E-state index in [2.05, 4.69) is 16.7 Å².